The molecule has 0 bridgehead atoms. The fraction of sp³-hybridized carbons (Fsp3) is 0.316. The highest BCUT2D eigenvalue weighted by atomic mass is 32.2. The van der Waals surface area contributed by atoms with Crippen molar-refractivity contribution in [1.29, 1.82) is 0 Å². The monoisotopic (exact) mass is 390 g/mol. The Morgan fingerprint density at radius 3 is 2.56 bits per heavy atom. The van der Waals surface area contributed by atoms with E-state index in [2.05, 4.69) is 9.71 Å². The van der Waals surface area contributed by atoms with Gasteiger partial charge in [-0.2, -0.15) is 0 Å². The van der Waals surface area contributed by atoms with E-state index < -0.39 is 10.0 Å². The average molecular weight is 390 g/mol. The van der Waals surface area contributed by atoms with Crippen molar-refractivity contribution in [2.24, 2.45) is 4.99 Å². The predicted octanol–water partition coefficient (Wildman–Crippen LogP) is 0.521. The van der Waals surface area contributed by atoms with Crippen LogP contribution in [0.1, 0.15) is 17.2 Å². The van der Waals surface area contributed by atoms with Gasteiger partial charge in [0.1, 0.15) is 30.8 Å². The molecule has 2 N–H and O–H groups in total. The van der Waals surface area contributed by atoms with Gasteiger partial charge < -0.3 is 9.64 Å². The lowest BCUT2D eigenvalue weighted by Gasteiger charge is -2.31. The second kappa shape index (κ2) is 7.38. The molecule has 0 spiro atoms. The average Bonchev–Trinajstić information content (AvgIpc) is 2.95. The van der Waals surface area contributed by atoms with Crippen molar-refractivity contribution in [3.05, 3.63) is 65.5 Å². The largest absolute Gasteiger partial charge is 0.370 e. The van der Waals surface area contributed by atoms with Crippen LogP contribution in [0.2, 0.25) is 0 Å². The van der Waals surface area contributed by atoms with E-state index in [4.69, 9.17) is 4.74 Å². The van der Waals surface area contributed by atoms with Gasteiger partial charge >= 0.3 is 0 Å². The molecule has 142 valence electrons. The molecule has 2 aliphatic heterocycles. The van der Waals surface area contributed by atoms with Crippen LogP contribution in [0.4, 0.5) is 4.39 Å². The lowest BCUT2D eigenvalue weighted by molar-refractivity contribution is -0.937. The molecule has 0 amide bonds. The van der Waals surface area contributed by atoms with E-state index in [9.17, 15) is 12.8 Å². The molecule has 2 aliphatic rings. The van der Waals surface area contributed by atoms with Crippen molar-refractivity contribution in [1.82, 2.24) is 4.72 Å². The summed E-state index contributed by atoms with van der Waals surface area (Å²) in [5.74, 6) is 0.0867. The standard InChI is InChI=1S/C19H20FN3O3S/c20-15-7-5-14(6-8-15)17(23-9-11-26-12-10-23)13-21-19-16-3-1-2-4-18(16)27(24,25)22-19/h1-8,17H,9-13H2,(H,21,22)/p+1/t17-/m0/s1. The normalized spacial score (nSPS) is 21.6. The van der Waals surface area contributed by atoms with Crippen molar-refractivity contribution in [2.75, 3.05) is 32.8 Å². The second-order valence-electron chi connectivity index (χ2n) is 6.67. The molecular weight excluding hydrogens is 369 g/mol. The molecule has 1 atom stereocenters. The van der Waals surface area contributed by atoms with Crippen LogP contribution >= 0.6 is 0 Å². The topological polar surface area (TPSA) is 72.2 Å². The van der Waals surface area contributed by atoms with E-state index in [-0.39, 0.29) is 16.8 Å². The first-order chi connectivity index (χ1) is 13.0. The van der Waals surface area contributed by atoms with Crippen LogP contribution in [0.3, 0.4) is 0 Å². The molecule has 0 aromatic heterocycles. The molecule has 1 saturated heterocycles. The van der Waals surface area contributed by atoms with Gasteiger partial charge in [0.2, 0.25) is 0 Å². The summed E-state index contributed by atoms with van der Waals surface area (Å²) in [6.45, 7) is 3.38. The summed E-state index contributed by atoms with van der Waals surface area (Å²) in [5.41, 5.74) is 1.57. The molecule has 2 aromatic carbocycles. The van der Waals surface area contributed by atoms with Gasteiger partial charge in [0.05, 0.1) is 24.7 Å². The maximum absolute atomic E-state index is 13.3. The predicted molar refractivity (Wildman–Crippen MR) is 98.8 cm³/mol. The number of morpholine rings is 1. The Hall–Kier alpha value is -2.29. The lowest BCUT2D eigenvalue weighted by Crippen LogP contribution is -3.14. The van der Waals surface area contributed by atoms with Gasteiger partial charge in [-0.25, -0.2) is 12.8 Å². The zero-order valence-corrected chi connectivity index (χ0v) is 15.5. The van der Waals surface area contributed by atoms with E-state index in [0.717, 1.165) is 18.7 Å². The van der Waals surface area contributed by atoms with Gasteiger partial charge in [-0.3, -0.25) is 9.71 Å². The van der Waals surface area contributed by atoms with Crippen molar-refractivity contribution < 1.29 is 22.4 Å². The van der Waals surface area contributed by atoms with Crippen LogP contribution < -0.4 is 9.62 Å². The molecule has 4 rings (SSSR count). The molecule has 6 nitrogen and oxygen atoms in total. The van der Waals surface area contributed by atoms with E-state index in [1.807, 2.05) is 0 Å². The number of nitrogens with zero attached hydrogens (tertiary/aromatic N) is 1. The number of fused-ring (bicyclic) bond motifs is 1. The fourth-order valence-electron chi connectivity index (χ4n) is 3.58. The van der Waals surface area contributed by atoms with E-state index in [1.165, 1.54) is 17.0 Å². The molecule has 0 unspecified atom stereocenters. The third-order valence-electron chi connectivity index (χ3n) is 4.99. The Balaban J connectivity index is 1.64. The number of hydrogen-bond acceptors (Lipinski definition) is 4. The highest BCUT2D eigenvalue weighted by molar-refractivity contribution is 7.90. The summed E-state index contributed by atoms with van der Waals surface area (Å²) in [6, 6.07) is 13.3. The number of aliphatic imine (C=N–C) groups is 1. The number of ether oxygens (including phenoxy) is 1. The molecule has 0 aliphatic carbocycles. The fourth-order valence-corrected chi connectivity index (χ4v) is 4.83. The van der Waals surface area contributed by atoms with Gasteiger partial charge in [-0.05, 0) is 24.3 Å². The molecule has 0 radical (unpaired) electrons. The molecule has 2 aromatic rings. The molecule has 8 heteroatoms. The third kappa shape index (κ3) is 3.73. The number of halogens is 1. The highest BCUT2D eigenvalue weighted by Gasteiger charge is 2.31. The van der Waals surface area contributed by atoms with Crippen LogP contribution in [-0.2, 0) is 14.8 Å². The van der Waals surface area contributed by atoms with Gasteiger partial charge in [0.15, 0.2) is 0 Å². The maximum atomic E-state index is 13.3. The minimum atomic E-state index is -3.55. The number of sulfonamides is 1. The molecular formula is C19H21FN3O3S+. The van der Waals surface area contributed by atoms with Crippen molar-refractivity contribution in [2.45, 2.75) is 10.9 Å². The Kier molecular flexibility index (Phi) is 4.94. The van der Waals surface area contributed by atoms with Crippen LogP contribution in [0.25, 0.3) is 0 Å². The van der Waals surface area contributed by atoms with E-state index >= 15 is 0 Å². The zero-order valence-electron chi connectivity index (χ0n) is 14.7. The molecule has 1 fully saturated rings. The van der Waals surface area contributed by atoms with Crippen LogP contribution in [0.15, 0.2) is 58.4 Å². The Morgan fingerprint density at radius 1 is 1.11 bits per heavy atom. The minimum Gasteiger partial charge on any atom is -0.370 e. The number of rotatable bonds is 4. The quantitative estimate of drug-likeness (QED) is 0.800. The summed E-state index contributed by atoms with van der Waals surface area (Å²) in [4.78, 5) is 6.15. The summed E-state index contributed by atoms with van der Waals surface area (Å²) in [6.07, 6.45) is 0. The summed E-state index contributed by atoms with van der Waals surface area (Å²) < 4.78 is 45.9. The Bertz CT molecular complexity index is 954. The number of quaternary nitrogens is 1. The molecule has 27 heavy (non-hydrogen) atoms. The van der Waals surface area contributed by atoms with Gasteiger partial charge in [-0.15, -0.1) is 0 Å². The van der Waals surface area contributed by atoms with Gasteiger partial charge in [0, 0.05) is 11.1 Å². The summed E-state index contributed by atoms with van der Waals surface area (Å²) in [7, 11) is -3.55. The summed E-state index contributed by atoms with van der Waals surface area (Å²) in [5, 5.41) is 0. The maximum Gasteiger partial charge on any atom is 0.263 e. The number of benzene rings is 2. The van der Waals surface area contributed by atoms with Crippen LogP contribution in [0, 0.1) is 5.82 Å². The number of nitrogens with one attached hydrogen (secondary N) is 2. The molecule has 0 saturated carbocycles. The van der Waals surface area contributed by atoms with Crippen molar-refractivity contribution in [3.8, 4) is 0 Å². The van der Waals surface area contributed by atoms with E-state index in [0.29, 0.717) is 31.2 Å². The Morgan fingerprint density at radius 2 is 1.81 bits per heavy atom. The SMILES string of the molecule is O=S1(=O)NC(=NC[C@@H](c2ccc(F)cc2)[NH+]2CCOCC2)c2ccccc21. The number of hydrogen-bond donors (Lipinski definition) is 2. The first kappa shape index (κ1) is 18.1. The zero-order chi connectivity index (χ0) is 18.9. The first-order valence-electron chi connectivity index (χ1n) is 8.89. The molecule has 2 heterocycles. The van der Waals surface area contributed by atoms with Crippen molar-refractivity contribution >= 4 is 15.9 Å². The van der Waals surface area contributed by atoms with Crippen LogP contribution in [-0.4, -0.2) is 47.1 Å². The van der Waals surface area contributed by atoms with Gasteiger partial charge in [-0.1, -0.05) is 24.3 Å². The Labute approximate surface area is 157 Å². The first-order valence-corrected chi connectivity index (χ1v) is 10.4. The lowest BCUT2D eigenvalue weighted by atomic mass is 10.0. The minimum absolute atomic E-state index is 0.000679. The highest BCUT2D eigenvalue weighted by Crippen LogP contribution is 2.22. The van der Waals surface area contributed by atoms with Crippen molar-refractivity contribution in [3.63, 3.8) is 0 Å². The van der Waals surface area contributed by atoms with E-state index in [1.54, 1.807) is 36.4 Å². The smallest absolute Gasteiger partial charge is 0.263 e. The number of amidine groups is 1. The van der Waals surface area contributed by atoms with Gasteiger partial charge in [0.25, 0.3) is 10.0 Å². The second-order valence-corrected chi connectivity index (χ2v) is 8.32. The summed E-state index contributed by atoms with van der Waals surface area (Å²) >= 11 is 0. The van der Waals surface area contributed by atoms with Crippen LogP contribution in [0.5, 0.6) is 0 Å². The third-order valence-corrected chi connectivity index (χ3v) is 6.39.